The van der Waals surface area contributed by atoms with Crippen molar-refractivity contribution in [1.82, 2.24) is 0 Å². The van der Waals surface area contributed by atoms with Crippen molar-refractivity contribution in [3.8, 4) is 40.9 Å². The molecule has 0 aliphatic rings. The Bertz CT molecular complexity index is 1290. The lowest BCUT2D eigenvalue weighted by atomic mass is 10.1. The number of rotatable bonds is 6. The number of hydrogen-bond donors (Lipinski definition) is 0. The monoisotopic (exact) mass is 432 g/mol. The van der Waals surface area contributed by atoms with Crippen molar-refractivity contribution in [3.05, 3.63) is 127 Å². The van der Waals surface area contributed by atoms with Crippen molar-refractivity contribution < 1.29 is 19.0 Å². The van der Waals surface area contributed by atoms with Gasteiger partial charge in [0.15, 0.2) is 0 Å². The Morgan fingerprint density at radius 3 is 1.67 bits per heavy atom. The summed E-state index contributed by atoms with van der Waals surface area (Å²) < 4.78 is 15.8. The minimum atomic E-state index is -0.577. The van der Waals surface area contributed by atoms with Gasteiger partial charge in [0.25, 0.3) is 0 Å². The molecule has 33 heavy (non-hydrogen) atoms. The molecule has 0 saturated carbocycles. The van der Waals surface area contributed by atoms with Crippen LogP contribution in [0.2, 0.25) is 0 Å². The van der Waals surface area contributed by atoms with Crippen molar-refractivity contribution in [2.24, 2.45) is 0 Å². The van der Waals surface area contributed by atoms with Crippen LogP contribution in [0.15, 0.2) is 105 Å². The van der Waals surface area contributed by atoms with Crippen molar-refractivity contribution in [1.29, 1.82) is 0 Å². The van der Waals surface area contributed by atoms with E-state index in [-0.39, 0.29) is 0 Å². The number of carbonyl (C=O) groups is 1. The zero-order valence-corrected chi connectivity index (χ0v) is 17.8. The molecular formula is C29H20O4. The second-order valence-electron chi connectivity index (χ2n) is 6.45. The van der Waals surface area contributed by atoms with Crippen LogP contribution >= 0.6 is 0 Å². The molecule has 160 valence electrons. The summed E-state index contributed by atoms with van der Waals surface area (Å²) in [6, 6.07) is 19.8. The fourth-order valence-electron chi connectivity index (χ4n) is 2.65. The molecule has 4 heteroatoms. The molecule has 0 atom stereocenters. The van der Waals surface area contributed by atoms with Gasteiger partial charge in [-0.2, -0.15) is 0 Å². The van der Waals surface area contributed by atoms with Crippen LogP contribution in [0.4, 0.5) is 0 Å². The first-order chi connectivity index (χ1) is 16.1. The Morgan fingerprint density at radius 2 is 1.15 bits per heavy atom. The molecule has 0 aromatic heterocycles. The molecule has 0 bridgehead atoms. The molecule has 0 fully saturated rings. The maximum absolute atomic E-state index is 11.8. The second kappa shape index (κ2) is 11.5. The van der Waals surface area contributed by atoms with E-state index in [0.29, 0.717) is 28.4 Å². The smallest absolute Gasteiger partial charge is 0.335 e. The quantitative estimate of drug-likeness (QED) is 0.167. The molecule has 0 amide bonds. The SMILES string of the molecule is C=COc1ccc(C#Cc2ccc(C#Cc3ccc(OC=C)cc3)c(OC(=O)C=C)c2)cc1. The van der Waals surface area contributed by atoms with Gasteiger partial charge in [0.05, 0.1) is 18.1 Å². The van der Waals surface area contributed by atoms with E-state index in [1.54, 1.807) is 36.4 Å². The van der Waals surface area contributed by atoms with Gasteiger partial charge in [0.1, 0.15) is 17.2 Å². The van der Waals surface area contributed by atoms with Crippen molar-refractivity contribution in [3.63, 3.8) is 0 Å². The third-order valence-electron chi connectivity index (χ3n) is 4.20. The zero-order chi connectivity index (χ0) is 23.5. The fraction of sp³-hybridized carbons (Fsp3) is 0. The standard InChI is InChI=1S/C29H20O4/c1-4-29(30)33-28-21-24(8-7-22-11-17-26(18-12-22)31-5-2)10-16-25(28)15-9-23-13-19-27(20-14-23)32-6-3/h4-6,10-14,16-21H,1-3H2. The molecule has 0 unspecified atom stereocenters. The van der Waals surface area contributed by atoms with Gasteiger partial charge in [-0.15, -0.1) is 0 Å². The molecule has 0 heterocycles. The lowest BCUT2D eigenvalue weighted by Gasteiger charge is -2.05. The van der Waals surface area contributed by atoms with E-state index < -0.39 is 5.97 Å². The Labute approximate surface area is 193 Å². The van der Waals surface area contributed by atoms with Crippen LogP contribution < -0.4 is 14.2 Å². The average Bonchev–Trinajstić information content (AvgIpc) is 2.84. The van der Waals surface area contributed by atoms with Gasteiger partial charge in [-0.3, -0.25) is 0 Å². The molecule has 3 aromatic carbocycles. The first-order valence-electron chi connectivity index (χ1n) is 9.89. The minimum absolute atomic E-state index is 0.306. The maximum Gasteiger partial charge on any atom is 0.335 e. The van der Waals surface area contributed by atoms with E-state index in [2.05, 4.69) is 43.4 Å². The van der Waals surface area contributed by atoms with Crippen LogP contribution in [0.3, 0.4) is 0 Å². The van der Waals surface area contributed by atoms with Crippen LogP contribution in [-0.4, -0.2) is 5.97 Å². The van der Waals surface area contributed by atoms with Gasteiger partial charge in [-0.05, 0) is 66.7 Å². The summed E-state index contributed by atoms with van der Waals surface area (Å²) in [5, 5.41) is 0. The molecule has 0 radical (unpaired) electrons. The van der Waals surface area contributed by atoms with Gasteiger partial charge in [0.2, 0.25) is 0 Å². The van der Waals surface area contributed by atoms with Crippen molar-refractivity contribution in [2.45, 2.75) is 0 Å². The van der Waals surface area contributed by atoms with Gasteiger partial charge in [0, 0.05) is 22.8 Å². The summed E-state index contributed by atoms with van der Waals surface area (Å²) in [6.45, 7) is 10.5. The second-order valence-corrected chi connectivity index (χ2v) is 6.45. The predicted molar refractivity (Wildman–Crippen MR) is 129 cm³/mol. The first kappa shape index (κ1) is 22.7. The van der Waals surface area contributed by atoms with Crippen LogP contribution in [0.5, 0.6) is 17.2 Å². The normalized spacial score (nSPS) is 9.21. The average molecular weight is 432 g/mol. The topological polar surface area (TPSA) is 44.8 Å². The van der Waals surface area contributed by atoms with E-state index in [4.69, 9.17) is 14.2 Å². The number of esters is 1. The summed E-state index contributed by atoms with van der Waals surface area (Å²) in [7, 11) is 0. The highest BCUT2D eigenvalue weighted by Crippen LogP contribution is 2.21. The van der Waals surface area contributed by atoms with Crippen LogP contribution in [0, 0.1) is 23.7 Å². The van der Waals surface area contributed by atoms with E-state index in [9.17, 15) is 4.79 Å². The molecule has 4 nitrogen and oxygen atoms in total. The van der Waals surface area contributed by atoms with Crippen LogP contribution in [-0.2, 0) is 4.79 Å². The Hall–Kier alpha value is -4.93. The van der Waals surface area contributed by atoms with Gasteiger partial charge in [-0.25, -0.2) is 4.79 Å². The van der Waals surface area contributed by atoms with Crippen molar-refractivity contribution >= 4 is 5.97 Å². The number of benzene rings is 3. The van der Waals surface area contributed by atoms with E-state index in [0.717, 1.165) is 17.2 Å². The molecule has 3 aromatic rings. The Morgan fingerprint density at radius 1 is 0.667 bits per heavy atom. The van der Waals surface area contributed by atoms with E-state index in [1.165, 1.54) is 12.5 Å². The van der Waals surface area contributed by atoms with Gasteiger partial charge >= 0.3 is 5.97 Å². The third kappa shape index (κ3) is 6.79. The van der Waals surface area contributed by atoms with E-state index >= 15 is 0 Å². The van der Waals surface area contributed by atoms with Crippen molar-refractivity contribution in [2.75, 3.05) is 0 Å². The largest absolute Gasteiger partial charge is 0.466 e. The molecule has 0 saturated heterocycles. The Balaban J connectivity index is 1.87. The zero-order valence-electron chi connectivity index (χ0n) is 17.8. The van der Waals surface area contributed by atoms with Gasteiger partial charge in [-0.1, -0.05) is 43.4 Å². The Kier molecular flexibility index (Phi) is 7.90. The molecule has 3 rings (SSSR count). The lowest BCUT2D eigenvalue weighted by Crippen LogP contribution is -2.04. The third-order valence-corrected chi connectivity index (χ3v) is 4.20. The summed E-state index contributed by atoms with van der Waals surface area (Å²) in [4.78, 5) is 11.8. The summed E-state index contributed by atoms with van der Waals surface area (Å²) in [5.74, 6) is 13.3. The summed E-state index contributed by atoms with van der Waals surface area (Å²) in [5.41, 5.74) is 2.81. The molecule has 0 spiro atoms. The summed E-state index contributed by atoms with van der Waals surface area (Å²) in [6.07, 6.45) is 3.82. The number of ether oxygens (including phenoxy) is 3. The number of hydrogen-bond acceptors (Lipinski definition) is 4. The highest BCUT2D eigenvalue weighted by atomic mass is 16.5. The van der Waals surface area contributed by atoms with Gasteiger partial charge < -0.3 is 14.2 Å². The maximum atomic E-state index is 11.8. The minimum Gasteiger partial charge on any atom is -0.466 e. The highest BCUT2D eigenvalue weighted by molar-refractivity contribution is 5.84. The predicted octanol–water partition coefficient (Wildman–Crippen LogP) is 5.62. The number of carbonyl (C=O) groups excluding carboxylic acids is 1. The molecule has 0 N–H and O–H groups in total. The lowest BCUT2D eigenvalue weighted by molar-refractivity contribution is -0.128. The molecule has 0 aliphatic carbocycles. The van der Waals surface area contributed by atoms with Crippen LogP contribution in [0.25, 0.3) is 0 Å². The molecular weight excluding hydrogens is 412 g/mol. The fourth-order valence-corrected chi connectivity index (χ4v) is 2.65. The highest BCUT2D eigenvalue weighted by Gasteiger charge is 2.07. The molecule has 0 aliphatic heterocycles. The first-order valence-corrected chi connectivity index (χ1v) is 9.89. The van der Waals surface area contributed by atoms with Crippen LogP contribution in [0.1, 0.15) is 22.3 Å². The summed E-state index contributed by atoms with van der Waals surface area (Å²) >= 11 is 0. The van der Waals surface area contributed by atoms with E-state index in [1.807, 2.05) is 30.3 Å².